The van der Waals surface area contributed by atoms with Gasteiger partial charge in [-0.05, 0) is 110 Å². The standard InChI is InChI=1S/C42H57ClN2O5/c1-12-50-42(41(6,7)35-27-33(49-11)25-29(3)39(35)45(42)21-23-47-9)19-18-31-15-13-14-30(37(31)43)16-17-36-40(4,5)34-26-32(48-10)24-28(2)38(34)44(36)20-22-46-8/h16-19,24-27H,12-15,20-23H2,1-11H3. The topological polar surface area (TPSA) is 52.6 Å². The van der Waals surface area contributed by atoms with Crippen molar-refractivity contribution in [3.63, 3.8) is 0 Å². The summed E-state index contributed by atoms with van der Waals surface area (Å²) in [6.45, 7) is 18.7. The summed E-state index contributed by atoms with van der Waals surface area (Å²) in [5, 5.41) is 0.820. The molecule has 0 saturated carbocycles. The smallest absolute Gasteiger partial charge is 0.170 e. The molecular formula is C42H57ClN2O5. The number of methoxy groups -OCH3 is 4. The highest BCUT2D eigenvalue weighted by molar-refractivity contribution is 6.32. The molecule has 0 bridgehead atoms. The van der Waals surface area contributed by atoms with E-state index in [-0.39, 0.29) is 5.41 Å². The molecule has 50 heavy (non-hydrogen) atoms. The lowest BCUT2D eigenvalue weighted by Crippen LogP contribution is -2.57. The fourth-order valence-corrected chi connectivity index (χ4v) is 8.60. The molecule has 2 heterocycles. The Bertz CT molecular complexity index is 1700. The zero-order valence-electron chi connectivity index (χ0n) is 32.1. The van der Waals surface area contributed by atoms with Crippen molar-refractivity contribution in [1.82, 2.24) is 0 Å². The number of allylic oxidation sites excluding steroid dienone is 7. The predicted molar refractivity (Wildman–Crippen MR) is 206 cm³/mol. The molecule has 2 aliphatic heterocycles. The molecule has 1 unspecified atom stereocenters. The molecule has 0 N–H and O–H groups in total. The van der Waals surface area contributed by atoms with Gasteiger partial charge >= 0.3 is 0 Å². The number of ether oxygens (including phenoxy) is 5. The maximum atomic E-state index is 7.32. The SMILES string of the molecule is CCOC1(C=CC2=C(Cl)C(=CC=C3N(CCOC)c4c(C)cc(OC)cc4C3(C)C)CCC2)N(CCOC)c2c(C)cc(OC)cc2C1(C)C. The second-order valence-electron chi connectivity index (χ2n) is 14.6. The Hall–Kier alpha value is -3.23. The Kier molecular flexibility index (Phi) is 11.5. The van der Waals surface area contributed by atoms with Crippen LogP contribution in [0.4, 0.5) is 11.4 Å². The van der Waals surface area contributed by atoms with Crippen LogP contribution in [0, 0.1) is 13.8 Å². The first-order chi connectivity index (χ1) is 23.8. The van der Waals surface area contributed by atoms with Crippen LogP contribution in [0.1, 0.15) is 76.1 Å². The van der Waals surface area contributed by atoms with Crippen molar-refractivity contribution in [2.24, 2.45) is 0 Å². The van der Waals surface area contributed by atoms with Crippen LogP contribution in [0.3, 0.4) is 0 Å². The molecule has 0 spiro atoms. The van der Waals surface area contributed by atoms with Gasteiger partial charge in [-0.25, -0.2) is 0 Å². The highest BCUT2D eigenvalue weighted by atomic mass is 35.5. The van der Waals surface area contributed by atoms with Gasteiger partial charge in [0.25, 0.3) is 0 Å². The first kappa shape index (κ1) is 38.0. The number of rotatable bonds is 13. The normalized spacial score (nSPS) is 22.6. The van der Waals surface area contributed by atoms with Gasteiger partial charge in [-0.2, -0.15) is 0 Å². The van der Waals surface area contributed by atoms with Crippen LogP contribution < -0.4 is 19.3 Å². The number of aryl methyl sites for hydroxylation is 2. The number of hydrogen-bond acceptors (Lipinski definition) is 7. The molecule has 272 valence electrons. The quantitative estimate of drug-likeness (QED) is 0.206. The minimum Gasteiger partial charge on any atom is -0.497 e. The van der Waals surface area contributed by atoms with E-state index in [0.717, 1.165) is 59.0 Å². The first-order valence-electron chi connectivity index (χ1n) is 17.9. The number of hydrogen-bond donors (Lipinski definition) is 0. The zero-order valence-corrected chi connectivity index (χ0v) is 32.8. The molecular weight excluding hydrogens is 648 g/mol. The second-order valence-corrected chi connectivity index (χ2v) is 15.0. The Morgan fingerprint density at radius 2 is 1.42 bits per heavy atom. The first-order valence-corrected chi connectivity index (χ1v) is 18.3. The van der Waals surface area contributed by atoms with E-state index in [1.54, 1.807) is 28.4 Å². The van der Waals surface area contributed by atoms with Gasteiger partial charge in [0.15, 0.2) is 5.72 Å². The van der Waals surface area contributed by atoms with Crippen molar-refractivity contribution in [1.29, 1.82) is 0 Å². The van der Waals surface area contributed by atoms with Gasteiger partial charge in [-0.3, -0.25) is 0 Å². The molecule has 0 fully saturated rings. The van der Waals surface area contributed by atoms with Crippen LogP contribution in [0.25, 0.3) is 0 Å². The fraction of sp³-hybridized carbons (Fsp3) is 0.524. The molecule has 0 amide bonds. The van der Waals surface area contributed by atoms with Crippen LogP contribution in [0.5, 0.6) is 11.5 Å². The molecule has 1 atom stereocenters. The largest absolute Gasteiger partial charge is 0.497 e. The number of anilines is 2. The van der Waals surface area contributed by atoms with Crippen molar-refractivity contribution >= 4 is 23.0 Å². The molecule has 7 nitrogen and oxygen atoms in total. The summed E-state index contributed by atoms with van der Waals surface area (Å²) in [5.41, 5.74) is 9.32. The number of benzene rings is 2. The fourth-order valence-electron chi connectivity index (χ4n) is 8.29. The minimum atomic E-state index is -0.756. The van der Waals surface area contributed by atoms with Gasteiger partial charge in [0.05, 0.1) is 27.4 Å². The number of halogens is 1. The van der Waals surface area contributed by atoms with E-state index in [9.17, 15) is 0 Å². The summed E-state index contributed by atoms with van der Waals surface area (Å²) < 4.78 is 29.4. The van der Waals surface area contributed by atoms with Crippen molar-refractivity contribution in [3.8, 4) is 11.5 Å². The lowest BCUT2D eigenvalue weighted by atomic mass is 9.76. The van der Waals surface area contributed by atoms with E-state index in [1.165, 1.54) is 33.8 Å². The Labute approximate surface area is 305 Å². The lowest BCUT2D eigenvalue weighted by molar-refractivity contribution is -0.0455. The Morgan fingerprint density at radius 3 is 2.04 bits per heavy atom. The number of fused-ring (bicyclic) bond motifs is 2. The van der Waals surface area contributed by atoms with Crippen LogP contribution >= 0.6 is 11.6 Å². The van der Waals surface area contributed by atoms with E-state index < -0.39 is 11.1 Å². The molecule has 0 saturated heterocycles. The van der Waals surface area contributed by atoms with Gasteiger partial charge in [0.1, 0.15) is 11.5 Å². The Morgan fingerprint density at radius 1 is 0.800 bits per heavy atom. The summed E-state index contributed by atoms with van der Waals surface area (Å²) in [6.07, 6.45) is 11.8. The van der Waals surface area contributed by atoms with Crippen LogP contribution in [-0.2, 0) is 25.0 Å². The Balaban J connectivity index is 1.57. The van der Waals surface area contributed by atoms with Crippen LogP contribution in [0.2, 0.25) is 0 Å². The summed E-state index contributed by atoms with van der Waals surface area (Å²) in [4.78, 5) is 4.79. The maximum Gasteiger partial charge on any atom is 0.170 e. The average Bonchev–Trinajstić information content (AvgIpc) is 3.41. The van der Waals surface area contributed by atoms with E-state index in [1.807, 2.05) is 0 Å². The maximum absolute atomic E-state index is 7.32. The van der Waals surface area contributed by atoms with Gasteiger partial charge in [-0.15, -0.1) is 0 Å². The van der Waals surface area contributed by atoms with Crippen molar-refractivity contribution in [3.05, 3.63) is 92.7 Å². The van der Waals surface area contributed by atoms with Gasteiger partial charge in [0, 0.05) is 66.9 Å². The molecule has 2 aromatic rings. The highest BCUT2D eigenvalue weighted by Crippen LogP contribution is 2.56. The third-order valence-corrected chi connectivity index (χ3v) is 11.4. The molecule has 8 heteroatoms. The third kappa shape index (κ3) is 6.51. The molecule has 3 aliphatic rings. The number of nitrogens with zero attached hydrogens (tertiary/aromatic N) is 2. The minimum absolute atomic E-state index is 0.230. The van der Waals surface area contributed by atoms with Crippen molar-refractivity contribution < 1.29 is 23.7 Å². The molecule has 5 rings (SSSR count). The third-order valence-electron chi connectivity index (χ3n) is 10.9. The highest BCUT2D eigenvalue weighted by Gasteiger charge is 2.57. The van der Waals surface area contributed by atoms with Crippen LogP contribution in [-0.4, -0.2) is 67.1 Å². The van der Waals surface area contributed by atoms with E-state index >= 15 is 0 Å². The predicted octanol–water partition coefficient (Wildman–Crippen LogP) is 9.28. The lowest BCUT2D eigenvalue weighted by Gasteiger charge is -2.45. The summed E-state index contributed by atoms with van der Waals surface area (Å²) in [6, 6.07) is 8.55. The van der Waals surface area contributed by atoms with Gasteiger partial charge < -0.3 is 33.5 Å². The molecule has 0 radical (unpaired) electrons. The van der Waals surface area contributed by atoms with Crippen molar-refractivity contribution in [2.75, 3.05) is 71.1 Å². The summed E-state index contributed by atoms with van der Waals surface area (Å²) in [5.74, 6) is 1.73. The zero-order chi connectivity index (χ0) is 36.4. The van der Waals surface area contributed by atoms with Crippen LogP contribution in [0.15, 0.2) is 70.4 Å². The average molecular weight is 705 g/mol. The molecule has 1 aliphatic carbocycles. The van der Waals surface area contributed by atoms with Gasteiger partial charge in [0.2, 0.25) is 0 Å². The van der Waals surface area contributed by atoms with E-state index in [0.29, 0.717) is 26.4 Å². The second kappa shape index (κ2) is 15.2. The summed E-state index contributed by atoms with van der Waals surface area (Å²) in [7, 11) is 6.96. The summed E-state index contributed by atoms with van der Waals surface area (Å²) >= 11 is 7.32. The van der Waals surface area contributed by atoms with Gasteiger partial charge in [-0.1, -0.05) is 51.4 Å². The van der Waals surface area contributed by atoms with E-state index in [4.69, 9.17) is 35.3 Å². The molecule has 0 aromatic heterocycles. The monoisotopic (exact) mass is 704 g/mol. The van der Waals surface area contributed by atoms with Crippen molar-refractivity contribution in [2.45, 2.75) is 84.3 Å². The molecule has 2 aromatic carbocycles. The van der Waals surface area contributed by atoms with E-state index in [2.05, 4.69) is 107 Å².